The van der Waals surface area contributed by atoms with E-state index in [9.17, 15) is 29.6 Å². The predicted octanol–water partition coefficient (Wildman–Crippen LogP) is 3.62. The molecule has 11 nitrogen and oxygen atoms in total. The topological polar surface area (TPSA) is 148 Å². The van der Waals surface area contributed by atoms with Crippen molar-refractivity contribution in [1.29, 1.82) is 0 Å². The number of carbonyl (C=O) groups is 3. The molecule has 38 heavy (non-hydrogen) atoms. The minimum absolute atomic E-state index is 0.00332. The number of non-ortho nitro benzene ring substituents is 1. The van der Waals surface area contributed by atoms with Crippen LogP contribution in [0, 0.1) is 10.1 Å². The van der Waals surface area contributed by atoms with Crippen LogP contribution in [0.3, 0.4) is 0 Å². The Bertz CT molecular complexity index is 1290. The van der Waals surface area contributed by atoms with Crippen LogP contribution in [-0.4, -0.2) is 51.7 Å². The second-order valence-corrected chi connectivity index (χ2v) is 8.68. The number of ether oxygens (including phenoxy) is 2. The molecule has 0 bridgehead atoms. The Labute approximate surface area is 219 Å². The van der Waals surface area contributed by atoms with E-state index in [1.54, 1.807) is 51.1 Å². The van der Waals surface area contributed by atoms with Crippen molar-refractivity contribution in [2.24, 2.45) is 0 Å². The summed E-state index contributed by atoms with van der Waals surface area (Å²) in [6.45, 7) is 6.36. The minimum atomic E-state index is -1.84. The molecule has 0 aliphatic carbocycles. The van der Waals surface area contributed by atoms with Crippen LogP contribution in [0.2, 0.25) is 0 Å². The van der Waals surface area contributed by atoms with Gasteiger partial charge in [0.05, 0.1) is 34.7 Å². The number of carbonyl (C=O) groups excluding carboxylic acids is 3. The van der Waals surface area contributed by atoms with Gasteiger partial charge in [0, 0.05) is 29.7 Å². The van der Waals surface area contributed by atoms with E-state index in [1.807, 2.05) is 0 Å². The van der Waals surface area contributed by atoms with E-state index in [0.717, 1.165) is 4.90 Å². The molecule has 2 aromatic rings. The van der Waals surface area contributed by atoms with Gasteiger partial charge in [-0.1, -0.05) is 30.3 Å². The first-order valence-electron chi connectivity index (χ1n) is 11.9. The summed E-state index contributed by atoms with van der Waals surface area (Å²) in [4.78, 5) is 51.4. The molecular formula is C27H29N3O8. The zero-order valence-corrected chi connectivity index (χ0v) is 21.4. The monoisotopic (exact) mass is 523 g/mol. The SMILES string of the molecule is CCOC(=O)C1=CN(C(O)C(=O)Nc2ccccc2)C(C)=C(C(=O)OC(C)C)C1c1cccc([N+](=O)[O-])c1. The van der Waals surface area contributed by atoms with E-state index in [1.165, 1.54) is 37.4 Å². The molecule has 0 saturated carbocycles. The zero-order valence-electron chi connectivity index (χ0n) is 21.4. The van der Waals surface area contributed by atoms with Gasteiger partial charge in [-0.25, -0.2) is 9.59 Å². The number of hydrogen-bond donors (Lipinski definition) is 2. The Morgan fingerprint density at radius 1 is 1.11 bits per heavy atom. The second-order valence-electron chi connectivity index (χ2n) is 8.68. The van der Waals surface area contributed by atoms with Crippen LogP contribution in [0.1, 0.15) is 39.2 Å². The fourth-order valence-corrected chi connectivity index (χ4v) is 4.03. The molecule has 2 N–H and O–H groups in total. The van der Waals surface area contributed by atoms with Crippen molar-refractivity contribution in [1.82, 2.24) is 4.90 Å². The molecule has 0 spiro atoms. The molecule has 0 radical (unpaired) electrons. The van der Waals surface area contributed by atoms with Crippen molar-refractivity contribution in [2.45, 2.75) is 45.9 Å². The number of nitro groups is 1. The highest BCUT2D eigenvalue weighted by Gasteiger charge is 2.41. The summed E-state index contributed by atoms with van der Waals surface area (Å²) in [5.74, 6) is -3.59. The summed E-state index contributed by atoms with van der Waals surface area (Å²) in [5.41, 5.74) is 0.382. The molecule has 0 fully saturated rings. The fourth-order valence-electron chi connectivity index (χ4n) is 4.03. The summed E-state index contributed by atoms with van der Waals surface area (Å²) in [5, 5.41) is 25.0. The van der Waals surface area contributed by atoms with Gasteiger partial charge < -0.3 is 24.8 Å². The van der Waals surface area contributed by atoms with Crippen molar-refractivity contribution in [2.75, 3.05) is 11.9 Å². The molecule has 0 aromatic heterocycles. The molecule has 1 aliphatic rings. The number of hydrogen-bond acceptors (Lipinski definition) is 9. The number of aliphatic hydroxyl groups is 1. The smallest absolute Gasteiger partial charge is 0.337 e. The van der Waals surface area contributed by atoms with Crippen LogP contribution in [0.25, 0.3) is 0 Å². The summed E-state index contributed by atoms with van der Waals surface area (Å²) in [6, 6.07) is 13.9. The Morgan fingerprint density at radius 2 is 1.79 bits per heavy atom. The molecule has 2 unspecified atom stereocenters. The van der Waals surface area contributed by atoms with Gasteiger partial charge in [0.1, 0.15) is 0 Å². The van der Waals surface area contributed by atoms with Crippen molar-refractivity contribution in [3.63, 3.8) is 0 Å². The Kier molecular flexibility index (Phi) is 8.98. The number of nitrogens with one attached hydrogen (secondary N) is 1. The van der Waals surface area contributed by atoms with E-state index >= 15 is 0 Å². The van der Waals surface area contributed by atoms with Crippen LogP contribution in [-0.2, 0) is 23.9 Å². The summed E-state index contributed by atoms with van der Waals surface area (Å²) in [6.07, 6.45) is -1.16. The van der Waals surface area contributed by atoms with Crippen LogP contribution in [0.4, 0.5) is 11.4 Å². The first kappa shape index (κ1) is 28.1. The Morgan fingerprint density at radius 3 is 2.39 bits per heavy atom. The first-order valence-corrected chi connectivity index (χ1v) is 11.9. The van der Waals surface area contributed by atoms with Gasteiger partial charge in [-0.3, -0.25) is 14.9 Å². The Hall–Kier alpha value is -4.51. The van der Waals surface area contributed by atoms with Gasteiger partial charge in [0.25, 0.3) is 11.6 Å². The number of esters is 2. The van der Waals surface area contributed by atoms with E-state index < -0.39 is 41.0 Å². The summed E-state index contributed by atoms with van der Waals surface area (Å²) >= 11 is 0. The second kappa shape index (κ2) is 12.2. The quantitative estimate of drug-likeness (QED) is 0.285. The summed E-state index contributed by atoms with van der Waals surface area (Å²) in [7, 11) is 0. The first-order chi connectivity index (χ1) is 18.0. The van der Waals surface area contributed by atoms with Crippen LogP contribution >= 0.6 is 0 Å². The van der Waals surface area contributed by atoms with Crippen LogP contribution in [0.15, 0.2) is 77.6 Å². The highest BCUT2D eigenvalue weighted by Crippen LogP contribution is 2.41. The lowest BCUT2D eigenvalue weighted by atomic mass is 9.81. The highest BCUT2D eigenvalue weighted by atomic mass is 16.6. The third kappa shape index (κ3) is 6.24. The number of nitrogens with zero attached hydrogens (tertiary/aromatic N) is 2. The largest absolute Gasteiger partial charge is 0.463 e. The van der Waals surface area contributed by atoms with Crippen LogP contribution < -0.4 is 5.32 Å². The molecule has 11 heteroatoms. The van der Waals surface area contributed by atoms with E-state index in [2.05, 4.69) is 5.32 Å². The molecule has 1 heterocycles. The third-order valence-electron chi connectivity index (χ3n) is 5.68. The maximum atomic E-state index is 13.4. The highest BCUT2D eigenvalue weighted by molar-refractivity contribution is 6.00. The number of allylic oxidation sites excluding steroid dienone is 1. The van der Waals surface area contributed by atoms with E-state index in [4.69, 9.17) is 9.47 Å². The predicted molar refractivity (Wildman–Crippen MR) is 137 cm³/mol. The Balaban J connectivity index is 2.17. The number of anilines is 1. The van der Waals surface area contributed by atoms with E-state index in [-0.39, 0.29) is 34.7 Å². The standard InChI is InChI=1S/C27H29N3O8/c1-5-37-26(33)21-15-29(25(32)24(31)28-19-11-7-6-8-12-19)17(4)22(27(34)38-16(2)3)23(21)18-10-9-13-20(14-18)30(35)36/h6-16,23,25,32H,5H2,1-4H3,(H,28,31). The van der Waals surface area contributed by atoms with Gasteiger partial charge in [-0.2, -0.15) is 0 Å². The number of benzene rings is 2. The molecular weight excluding hydrogens is 494 g/mol. The molecule has 1 amide bonds. The maximum Gasteiger partial charge on any atom is 0.337 e. The van der Waals surface area contributed by atoms with Crippen molar-refractivity contribution in [3.8, 4) is 0 Å². The molecule has 3 rings (SSSR count). The molecule has 1 aliphatic heterocycles. The average molecular weight is 524 g/mol. The van der Waals surface area contributed by atoms with Gasteiger partial charge >= 0.3 is 11.9 Å². The third-order valence-corrected chi connectivity index (χ3v) is 5.68. The van der Waals surface area contributed by atoms with Crippen molar-refractivity contribution >= 4 is 29.2 Å². The zero-order chi connectivity index (χ0) is 28.0. The lowest BCUT2D eigenvalue weighted by Crippen LogP contribution is -2.44. The number of nitro benzene ring substituents is 1. The molecule has 200 valence electrons. The molecule has 2 aromatic carbocycles. The number of amides is 1. The number of para-hydroxylation sites is 1. The minimum Gasteiger partial charge on any atom is -0.463 e. The van der Waals surface area contributed by atoms with Crippen LogP contribution in [0.5, 0.6) is 0 Å². The lowest BCUT2D eigenvalue weighted by molar-refractivity contribution is -0.384. The van der Waals surface area contributed by atoms with E-state index in [0.29, 0.717) is 5.69 Å². The normalized spacial score (nSPS) is 16.0. The number of aliphatic hydroxyl groups excluding tert-OH is 1. The fraction of sp³-hybridized carbons (Fsp3) is 0.296. The van der Waals surface area contributed by atoms with Crippen molar-refractivity contribution in [3.05, 3.63) is 93.3 Å². The van der Waals surface area contributed by atoms with Gasteiger partial charge in [-0.05, 0) is 45.4 Å². The maximum absolute atomic E-state index is 13.4. The van der Waals surface area contributed by atoms with Gasteiger partial charge in [0.2, 0.25) is 6.23 Å². The van der Waals surface area contributed by atoms with Gasteiger partial charge in [0.15, 0.2) is 0 Å². The lowest BCUT2D eigenvalue weighted by Gasteiger charge is -2.36. The van der Waals surface area contributed by atoms with Crippen molar-refractivity contribution < 1.29 is 33.9 Å². The van der Waals surface area contributed by atoms with Gasteiger partial charge in [-0.15, -0.1) is 0 Å². The molecule has 2 atom stereocenters. The number of rotatable bonds is 9. The molecule has 0 saturated heterocycles. The average Bonchev–Trinajstić information content (AvgIpc) is 2.88. The summed E-state index contributed by atoms with van der Waals surface area (Å²) < 4.78 is 10.7.